The van der Waals surface area contributed by atoms with Gasteiger partial charge in [-0.15, -0.1) is 0 Å². The molecule has 2 rings (SSSR count). The highest BCUT2D eigenvalue weighted by Crippen LogP contribution is 2.26. The summed E-state index contributed by atoms with van der Waals surface area (Å²) in [6.07, 6.45) is 3.13. The van der Waals surface area contributed by atoms with E-state index in [9.17, 15) is 4.79 Å². The Labute approximate surface area is 123 Å². The summed E-state index contributed by atoms with van der Waals surface area (Å²) in [5.41, 5.74) is 0.647. The van der Waals surface area contributed by atoms with Gasteiger partial charge in [-0.3, -0.25) is 4.79 Å². The monoisotopic (exact) mass is 338 g/mol. The van der Waals surface area contributed by atoms with Crippen molar-refractivity contribution in [3.63, 3.8) is 0 Å². The number of thioether (sulfide) groups is 1. The number of hydrogen-bond acceptors (Lipinski definition) is 5. The Morgan fingerprint density at radius 3 is 2.89 bits per heavy atom. The van der Waals surface area contributed by atoms with E-state index in [0.717, 1.165) is 9.50 Å². The number of carbonyl (C=O) groups excluding carboxylic acids is 1. The molecule has 0 amide bonds. The molecule has 0 N–H and O–H groups in total. The molecular weight excluding hydrogens is 328 g/mol. The molecule has 0 aliphatic rings. The second-order valence-electron chi connectivity index (χ2n) is 3.61. The molecule has 1 aromatic carbocycles. The normalized spacial score (nSPS) is 10.2. The zero-order chi connectivity index (χ0) is 13.7. The third-order valence-electron chi connectivity index (χ3n) is 2.38. The van der Waals surface area contributed by atoms with Crippen LogP contribution < -0.4 is 4.74 Å². The Morgan fingerprint density at radius 2 is 2.26 bits per heavy atom. The number of methoxy groups -OCH3 is 1. The molecule has 0 aliphatic heterocycles. The van der Waals surface area contributed by atoms with Gasteiger partial charge in [-0.1, -0.05) is 11.8 Å². The van der Waals surface area contributed by atoms with Crippen LogP contribution in [0.3, 0.4) is 0 Å². The number of hydrogen-bond donors (Lipinski definition) is 0. The van der Waals surface area contributed by atoms with E-state index in [1.54, 1.807) is 37.6 Å². The van der Waals surface area contributed by atoms with Crippen molar-refractivity contribution in [3.8, 4) is 5.75 Å². The molecule has 1 aromatic heterocycles. The number of nitrogens with zero attached hydrogens (tertiary/aromatic N) is 2. The summed E-state index contributed by atoms with van der Waals surface area (Å²) in [6.45, 7) is 0. The smallest absolute Gasteiger partial charge is 0.173 e. The first-order valence-corrected chi connectivity index (χ1v) is 7.24. The first-order valence-electron chi connectivity index (χ1n) is 5.46. The second-order valence-corrected chi connectivity index (χ2v) is 5.46. The number of carbonyl (C=O) groups is 1. The Bertz CT molecular complexity index is 578. The Morgan fingerprint density at radius 1 is 1.42 bits per heavy atom. The van der Waals surface area contributed by atoms with E-state index in [-0.39, 0.29) is 5.78 Å². The van der Waals surface area contributed by atoms with Gasteiger partial charge in [0.15, 0.2) is 5.78 Å². The first kappa shape index (κ1) is 14.0. The number of rotatable bonds is 5. The van der Waals surface area contributed by atoms with Crippen molar-refractivity contribution < 1.29 is 9.53 Å². The fourth-order valence-electron chi connectivity index (χ4n) is 1.43. The summed E-state index contributed by atoms with van der Waals surface area (Å²) in [7, 11) is 1.59. The lowest BCUT2D eigenvalue weighted by Gasteiger charge is -2.05. The van der Waals surface area contributed by atoms with Crippen LogP contribution in [0.1, 0.15) is 10.4 Å². The SMILES string of the molecule is COc1ccc(C(=O)CSc2ccncn2)cc1Br. The molecule has 2 aromatic rings. The summed E-state index contributed by atoms with van der Waals surface area (Å²) in [4.78, 5) is 19.9. The highest BCUT2D eigenvalue weighted by molar-refractivity contribution is 9.10. The predicted octanol–water partition coefficient (Wildman–Crippen LogP) is 3.22. The lowest BCUT2D eigenvalue weighted by molar-refractivity contribution is 0.102. The van der Waals surface area contributed by atoms with Crippen molar-refractivity contribution in [2.24, 2.45) is 0 Å². The van der Waals surface area contributed by atoms with Gasteiger partial charge in [0, 0.05) is 11.8 Å². The van der Waals surface area contributed by atoms with Crippen LogP contribution in [0.25, 0.3) is 0 Å². The van der Waals surface area contributed by atoms with Crippen molar-refractivity contribution in [1.82, 2.24) is 9.97 Å². The highest BCUT2D eigenvalue weighted by Gasteiger charge is 2.09. The van der Waals surface area contributed by atoms with E-state index in [1.165, 1.54) is 18.1 Å². The van der Waals surface area contributed by atoms with E-state index in [1.807, 2.05) is 0 Å². The number of halogens is 1. The molecule has 0 spiro atoms. The Hall–Kier alpha value is -1.40. The van der Waals surface area contributed by atoms with Crippen LogP contribution in [-0.4, -0.2) is 28.6 Å². The fraction of sp³-hybridized carbons (Fsp3) is 0.154. The van der Waals surface area contributed by atoms with Gasteiger partial charge in [-0.2, -0.15) is 0 Å². The van der Waals surface area contributed by atoms with E-state index < -0.39 is 0 Å². The number of ketones is 1. The van der Waals surface area contributed by atoms with Gasteiger partial charge in [0.2, 0.25) is 0 Å². The minimum absolute atomic E-state index is 0.0481. The summed E-state index contributed by atoms with van der Waals surface area (Å²) >= 11 is 4.76. The summed E-state index contributed by atoms with van der Waals surface area (Å²) in [6, 6.07) is 7.07. The molecule has 0 fully saturated rings. The lowest BCUT2D eigenvalue weighted by Crippen LogP contribution is -2.03. The molecule has 0 saturated carbocycles. The van der Waals surface area contributed by atoms with E-state index >= 15 is 0 Å². The first-order chi connectivity index (χ1) is 9.20. The number of ether oxygens (including phenoxy) is 1. The second kappa shape index (κ2) is 6.68. The topological polar surface area (TPSA) is 52.1 Å². The van der Waals surface area contributed by atoms with Crippen molar-refractivity contribution in [2.45, 2.75) is 5.03 Å². The van der Waals surface area contributed by atoms with Gasteiger partial charge in [-0.25, -0.2) is 9.97 Å². The van der Waals surface area contributed by atoms with Crippen molar-refractivity contribution in [1.29, 1.82) is 0 Å². The van der Waals surface area contributed by atoms with Gasteiger partial charge < -0.3 is 4.74 Å². The van der Waals surface area contributed by atoms with Crippen LogP contribution in [-0.2, 0) is 0 Å². The minimum Gasteiger partial charge on any atom is -0.496 e. The number of Topliss-reactive ketones (excluding diaryl/α,β-unsaturated/α-hetero) is 1. The zero-order valence-corrected chi connectivity index (χ0v) is 12.6. The van der Waals surface area contributed by atoms with E-state index in [0.29, 0.717) is 17.1 Å². The van der Waals surface area contributed by atoms with Gasteiger partial charge in [-0.05, 0) is 40.2 Å². The molecule has 1 heterocycles. The van der Waals surface area contributed by atoms with Gasteiger partial charge in [0.25, 0.3) is 0 Å². The minimum atomic E-state index is 0.0481. The van der Waals surface area contributed by atoms with Crippen molar-refractivity contribution in [3.05, 3.63) is 46.8 Å². The Balaban J connectivity index is 2.02. The predicted molar refractivity (Wildman–Crippen MR) is 77.8 cm³/mol. The third kappa shape index (κ3) is 3.78. The maximum atomic E-state index is 12.0. The molecule has 98 valence electrons. The van der Waals surface area contributed by atoms with Crippen LogP contribution in [0, 0.1) is 0 Å². The summed E-state index contributed by atoms with van der Waals surface area (Å²) < 4.78 is 5.90. The number of aromatic nitrogens is 2. The van der Waals surface area contributed by atoms with Crippen LogP contribution >= 0.6 is 27.7 Å². The van der Waals surface area contributed by atoms with Crippen molar-refractivity contribution >= 4 is 33.5 Å². The average molecular weight is 339 g/mol. The summed E-state index contributed by atoms with van der Waals surface area (Å²) in [5, 5.41) is 0.788. The van der Waals surface area contributed by atoms with Crippen LogP contribution in [0.15, 0.2) is 46.3 Å². The Kier molecular flexibility index (Phi) is 4.93. The molecule has 19 heavy (non-hydrogen) atoms. The maximum absolute atomic E-state index is 12.0. The molecular formula is C13H11BrN2O2S. The van der Waals surface area contributed by atoms with E-state index in [4.69, 9.17) is 4.74 Å². The molecule has 0 unspecified atom stereocenters. The van der Waals surface area contributed by atoms with Crippen LogP contribution in [0.4, 0.5) is 0 Å². The molecule has 6 heteroatoms. The third-order valence-corrected chi connectivity index (χ3v) is 3.94. The van der Waals surface area contributed by atoms with Gasteiger partial charge in [0.1, 0.15) is 12.1 Å². The van der Waals surface area contributed by atoms with Gasteiger partial charge in [0.05, 0.1) is 22.4 Å². The molecule has 0 saturated heterocycles. The molecule has 0 atom stereocenters. The largest absolute Gasteiger partial charge is 0.496 e. The number of benzene rings is 1. The summed E-state index contributed by atoms with van der Waals surface area (Å²) in [5.74, 6) is 1.10. The quantitative estimate of drug-likeness (QED) is 0.476. The highest BCUT2D eigenvalue weighted by atomic mass is 79.9. The molecule has 0 radical (unpaired) electrons. The van der Waals surface area contributed by atoms with Crippen LogP contribution in [0.5, 0.6) is 5.75 Å². The average Bonchev–Trinajstić information content (AvgIpc) is 2.45. The lowest BCUT2D eigenvalue weighted by atomic mass is 10.1. The molecule has 4 nitrogen and oxygen atoms in total. The zero-order valence-electron chi connectivity index (χ0n) is 10.2. The molecule has 0 bridgehead atoms. The van der Waals surface area contributed by atoms with Crippen LogP contribution in [0.2, 0.25) is 0 Å². The maximum Gasteiger partial charge on any atom is 0.173 e. The molecule has 0 aliphatic carbocycles. The van der Waals surface area contributed by atoms with Gasteiger partial charge >= 0.3 is 0 Å². The van der Waals surface area contributed by atoms with E-state index in [2.05, 4.69) is 25.9 Å². The van der Waals surface area contributed by atoms with Crippen molar-refractivity contribution in [2.75, 3.05) is 12.9 Å². The fourth-order valence-corrected chi connectivity index (χ4v) is 2.69. The standard InChI is InChI=1S/C13H11BrN2O2S/c1-18-12-3-2-9(6-10(12)14)11(17)7-19-13-4-5-15-8-16-13/h2-6,8H,7H2,1H3.